The maximum absolute atomic E-state index is 13.2. The summed E-state index contributed by atoms with van der Waals surface area (Å²) in [7, 11) is 3.20. The van der Waals surface area contributed by atoms with Crippen LogP contribution in [-0.2, 0) is 11.3 Å². The van der Waals surface area contributed by atoms with E-state index < -0.39 is 0 Å². The molecule has 32 heavy (non-hydrogen) atoms. The van der Waals surface area contributed by atoms with Crippen LogP contribution in [0.1, 0.15) is 11.1 Å². The average molecular weight is 427 g/mol. The van der Waals surface area contributed by atoms with Gasteiger partial charge in [-0.05, 0) is 46.9 Å². The zero-order valence-corrected chi connectivity index (χ0v) is 18.2. The maximum Gasteiger partial charge on any atom is 0.251 e. The molecule has 1 N–H and O–H groups in total. The SMILES string of the molecule is COc1ccc(/C=C(/C(=O)NCCn2ccc3ccccc32)c2ccccc2)cc1OC. The van der Waals surface area contributed by atoms with Crippen molar-refractivity contribution in [1.29, 1.82) is 0 Å². The number of nitrogens with zero attached hydrogens (tertiary/aromatic N) is 1. The molecule has 3 aromatic carbocycles. The number of carbonyl (C=O) groups excluding carboxylic acids is 1. The van der Waals surface area contributed by atoms with E-state index in [0.29, 0.717) is 30.2 Å². The van der Waals surface area contributed by atoms with Crippen LogP contribution in [0.4, 0.5) is 0 Å². The highest BCUT2D eigenvalue weighted by Gasteiger charge is 2.13. The second-order valence-electron chi connectivity index (χ2n) is 7.36. The number of benzene rings is 3. The van der Waals surface area contributed by atoms with Gasteiger partial charge in [0.1, 0.15) is 0 Å². The number of carbonyl (C=O) groups is 1. The van der Waals surface area contributed by atoms with Gasteiger partial charge in [-0.3, -0.25) is 4.79 Å². The molecule has 1 amide bonds. The number of hydrogen-bond acceptors (Lipinski definition) is 3. The van der Waals surface area contributed by atoms with Crippen molar-refractivity contribution in [3.05, 3.63) is 96.2 Å². The van der Waals surface area contributed by atoms with Crippen LogP contribution in [0.15, 0.2) is 85.1 Å². The lowest BCUT2D eigenvalue weighted by atomic mass is 10.0. The quantitative estimate of drug-likeness (QED) is 0.318. The molecule has 0 radical (unpaired) electrons. The number of nitrogens with one attached hydrogen (secondary N) is 1. The van der Waals surface area contributed by atoms with Gasteiger partial charge in [-0.25, -0.2) is 0 Å². The molecule has 5 nitrogen and oxygen atoms in total. The number of ether oxygens (including phenoxy) is 2. The lowest BCUT2D eigenvalue weighted by molar-refractivity contribution is -0.115. The number of hydrogen-bond donors (Lipinski definition) is 1. The highest BCUT2D eigenvalue weighted by atomic mass is 16.5. The number of rotatable bonds is 8. The predicted molar refractivity (Wildman–Crippen MR) is 129 cm³/mol. The second kappa shape index (κ2) is 9.88. The Morgan fingerprint density at radius 3 is 2.44 bits per heavy atom. The average Bonchev–Trinajstić information content (AvgIpc) is 3.26. The normalized spacial score (nSPS) is 11.4. The minimum Gasteiger partial charge on any atom is -0.493 e. The minimum absolute atomic E-state index is 0.123. The van der Waals surface area contributed by atoms with Crippen LogP contribution in [0.3, 0.4) is 0 Å². The fraction of sp³-hybridized carbons (Fsp3) is 0.148. The van der Waals surface area contributed by atoms with Gasteiger partial charge in [0.15, 0.2) is 11.5 Å². The number of aromatic nitrogens is 1. The summed E-state index contributed by atoms with van der Waals surface area (Å²) < 4.78 is 12.9. The van der Waals surface area contributed by atoms with Crippen molar-refractivity contribution in [1.82, 2.24) is 9.88 Å². The van der Waals surface area contributed by atoms with Crippen molar-refractivity contribution < 1.29 is 14.3 Å². The van der Waals surface area contributed by atoms with E-state index in [2.05, 4.69) is 34.3 Å². The topological polar surface area (TPSA) is 52.5 Å². The van der Waals surface area contributed by atoms with Crippen LogP contribution in [-0.4, -0.2) is 31.2 Å². The van der Waals surface area contributed by atoms with E-state index in [1.807, 2.05) is 66.7 Å². The van der Waals surface area contributed by atoms with E-state index in [4.69, 9.17) is 9.47 Å². The highest BCUT2D eigenvalue weighted by molar-refractivity contribution is 6.24. The molecule has 0 aliphatic carbocycles. The molecule has 0 aliphatic heterocycles. The van der Waals surface area contributed by atoms with E-state index in [-0.39, 0.29) is 5.91 Å². The molecule has 0 bridgehead atoms. The first-order valence-corrected chi connectivity index (χ1v) is 10.5. The highest BCUT2D eigenvalue weighted by Crippen LogP contribution is 2.29. The second-order valence-corrected chi connectivity index (χ2v) is 7.36. The molecule has 0 saturated carbocycles. The largest absolute Gasteiger partial charge is 0.493 e. The first kappa shape index (κ1) is 21.2. The first-order chi connectivity index (χ1) is 15.7. The maximum atomic E-state index is 13.2. The molecule has 1 aromatic heterocycles. The molecule has 0 fully saturated rings. The van der Waals surface area contributed by atoms with Gasteiger partial charge >= 0.3 is 0 Å². The van der Waals surface area contributed by atoms with Crippen LogP contribution in [0, 0.1) is 0 Å². The first-order valence-electron chi connectivity index (χ1n) is 10.5. The summed E-state index contributed by atoms with van der Waals surface area (Å²) in [4.78, 5) is 13.2. The van der Waals surface area contributed by atoms with Crippen LogP contribution in [0.5, 0.6) is 11.5 Å². The summed E-state index contributed by atoms with van der Waals surface area (Å²) in [5.74, 6) is 1.14. The number of amides is 1. The van der Waals surface area contributed by atoms with Crippen LogP contribution in [0.2, 0.25) is 0 Å². The lowest BCUT2D eigenvalue weighted by Gasteiger charge is -2.12. The van der Waals surface area contributed by atoms with E-state index in [9.17, 15) is 4.79 Å². The lowest BCUT2D eigenvalue weighted by Crippen LogP contribution is -2.27. The molecular weight excluding hydrogens is 400 g/mol. The smallest absolute Gasteiger partial charge is 0.251 e. The molecule has 0 aliphatic rings. The molecular formula is C27H26N2O3. The third-order valence-corrected chi connectivity index (χ3v) is 5.37. The summed E-state index contributed by atoms with van der Waals surface area (Å²) in [5, 5.41) is 4.26. The molecule has 4 aromatic rings. The summed E-state index contributed by atoms with van der Waals surface area (Å²) in [6, 6.07) is 25.6. The summed E-state index contributed by atoms with van der Waals surface area (Å²) in [6.45, 7) is 1.21. The Balaban J connectivity index is 1.55. The van der Waals surface area contributed by atoms with Crippen LogP contribution < -0.4 is 14.8 Å². The molecule has 4 rings (SSSR count). The zero-order valence-electron chi connectivity index (χ0n) is 18.2. The standard InChI is InChI=1S/C27H26N2O3/c1-31-25-13-12-20(19-26(25)32-2)18-23(21-8-4-3-5-9-21)27(30)28-15-17-29-16-14-22-10-6-7-11-24(22)29/h3-14,16,18-19H,15,17H2,1-2H3,(H,28,30)/b23-18+. The van der Waals surface area contributed by atoms with E-state index in [1.54, 1.807) is 14.2 Å². The predicted octanol–water partition coefficient (Wildman–Crippen LogP) is 5.02. The van der Waals surface area contributed by atoms with E-state index in [0.717, 1.165) is 16.6 Å². The van der Waals surface area contributed by atoms with Crippen molar-refractivity contribution in [2.24, 2.45) is 0 Å². The molecule has 0 unspecified atom stereocenters. The molecule has 0 spiro atoms. The Morgan fingerprint density at radius 1 is 0.906 bits per heavy atom. The van der Waals surface area contributed by atoms with Crippen LogP contribution >= 0.6 is 0 Å². The number of fused-ring (bicyclic) bond motifs is 1. The number of para-hydroxylation sites is 1. The summed E-state index contributed by atoms with van der Waals surface area (Å²) in [6.07, 6.45) is 3.92. The Labute approximate surface area is 187 Å². The fourth-order valence-corrected chi connectivity index (χ4v) is 3.73. The van der Waals surface area contributed by atoms with E-state index >= 15 is 0 Å². The van der Waals surface area contributed by atoms with Crippen molar-refractivity contribution in [2.45, 2.75) is 6.54 Å². The van der Waals surface area contributed by atoms with Gasteiger partial charge in [-0.2, -0.15) is 0 Å². The van der Waals surface area contributed by atoms with Gasteiger partial charge in [0.25, 0.3) is 5.91 Å². The Hall–Kier alpha value is -3.99. The summed E-state index contributed by atoms with van der Waals surface area (Å²) in [5.41, 5.74) is 3.46. The Kier molecular flexibility index (Phi) is 6.56. The van der Waals surface area contributed by atoms with Crippen molar-refractivity contribution in [3.8, 4) is 11.5 Å². The zero-order chi connectivity index (χ0) is 22.3. The minimum atomic E-state index is -0.123. The van der Waals surface area contributed by atoms with Crippen molar-refractivity contribution >= 4 is 28.5 Å². The van der Waals surface area contributed by atoms with Crippen LogP contribution in [0.25, 0.3) is 22.6 Å². The Morgan fingerprint density at radius 2 is 1.66 bits per heavy atom. The van der Waals surface area contributed by atoms with Gasteiger partial charge in [-0.1, -0.05) is 54.6 Å². The third-order valence-electron chi connectivity index (χ3n) is 5.37. The molecule has 0 atom stereocenters. The molecule has 0 saturated heterocycles. The van der Waals surface area contributed by atoms with Gasteiger partial charge in [0, 0.05) is 30.4 Å². The van der Waals surface area contributed by atoms with Gasteiger partial charge < -0.3 is 19.4 Å². The molecule has 5 heteroatoms. The van der Waals surface area contributed by atoms with Gasteiger partial charge in [-0.15, -0.1) is 0 Å². The third kappa shape index (κ3) is 4.67. The van der Waals surface area contributed by atoms with E-state index in [1.165, 1.54) is 5.39 Å². The monoisotopic (exact) mass is 426 g/mol. The number of methoxy groups -OCH3 is 2. The van der Waals surface area contributed by atoms with Gasteiger partial charge in [0.05, 0.1) is 14.2 Å². The van der Waals surface area contributed by atoms with Crippen molar-refractivity contribution in [2.75, 3.05) is 20.8 Å². The molecule has 1 heterocycles. The summed E-state index contributed by atoms with van der Waals surface area (Å²) >= 11 is 0. The Bertz CT molecular complexity index is 1240. The van der Waals surface area contributed by atoms with Crippen molar-refractivity contribution in [3.63, 3.8) is 0 Å². The molecule has 162 valence electrons. The fourth-order valence-electron chi connectivity index (χ4n) is 3.73. The van der Waals surface area contributed by atoms with Gasteiger partial charge in [0.2, 0.25) is 0 Å².